The zero-order chi connectivity index (χ0) is 12.0. The van der Waals surface area contributed by atoms with Crippen molar-refractivity contribution in [2.75, 3.05) is 0 Å². The van der Waals surface area contributed by atoms with Crippen LogP contribution >= 0.6 is 11.9 Å². The van der Waals surface area contributed by atoms with Crippen molar-refractivity contribution >= 4 is 17.9 Å². The van der Waals surface area contributed by atoms with E-state index >= 15 is 0 Å². The molecule has 0 bridgehead atoms. The van der Waals surface area contributed by atoms with Gasteiger partial charge in [-0.2, -0.15) is 0 Å². The summed E-state index contributed by atoms with van der Waals surface area (Å²) in [6.45, 7) is 5.99. The predicted molar refractivity (Wildman–Crippen MR) is 70.6 cm³/mol. The van der Waals surface area contributed by atoms with Gasteiger partial charge in [0, 0.05) is 10.8 Å². The molecule has 1 aromatic carbocycles. The molecular formula is C13H19NOS. The van der Waals surface area contributed by atoms with E-state index in [0.29, 0.717) is 5.25 Å². The maximum absolute atomic E-state index is 11.6. The first kappa shape index (κ1) is 13.1. The lowest BCUT2D eigenvalue weighted by Crippen LogP contribution is -2.16. The number of rotatable bonds is 3. The zero-order valence-electron chi connectivity index (χ0n) is 10.1. The molecule has 2 rings (SSSR count). The highest BCUT2D eigenvalue weighted by molar-refractivity contribution is 7.98. The third-order valence-corrected chi connectivity index (χ3v) is 3.23. The standard InChI is InChI=1S/C11H13NOS.C2H6/c1-8-3-2-4-9(7-8)11(13)12-14-10-5-6-10;1-2/h2-4,7,10H,5-6H2,1H3,(H,12,13);1-2H3. The van der Waals surface area contributed by atoms with Gasteiger partial charge in [0.1, 0.15) is 0 Å². The number of aryl methyl sites for hydroxylation is 1. The lowest BCUT2D eigenvalue weighted by Gasteiger charge is -2.03. The second-order valence-corrected chi connectivity index (χ2v) is 4.72. The summed E-state index contributed by atoms with van der Waals surface area (Å²) in [6.07, 6.45) is 2.47. The molecule has 0 radical (unpaired) electrons. The van der Waals surface area contributed by atoms with Crippen molar-refractivity contribution in [2.24, 2.45) is 0 Å². The minimum absolute atomic E-state index is 0.0191. The van der Waals surface area contributed by atoms with Crippen LogP contribution in [0.2, 0.25) is 0 Å². The van der Waals surface area contributed by atoms with Crippen LogP contribution in [0.5, 0.6) is 0 Å². The van der Waals surface area contributed by atoms with Gasteiger partial charge < -0.3 is 0 Å². The van der Waals surface area contributed by atoms with Crippen LogP contribution in [-0.2, 0) is 0 Å². The number of benzene rings is 1. The topological polar surface area (TPSA) is 29.1 Å². The predicted octanol–water partition coefficient (Wildman–Crippen LogP) is 3.56. The quantitative estimate of drug-likeness (QED) is 0.814. The summed E-state index contributed by atoms with van der Waals surface area (Å²) >= 11 is 1.55. The maximum Gasteiger partial charge on any atom is 0.261 e. The Morgan fingerprint density at radius 2 is 2.06 bits per heavy atom. The van der Waals surface area contributed by atoms with Crippen LogP contribution in [0.4, 0.5) is 0 Å². The monoisotopic (exact) mass is 237 g/mol. The third-order valence-electron chi connectivity index (χ3n) is 2.12. The van der Waals surface area contributed by atoms with E-state index in [2.05, 4.69) is 4.72 Å². The number of carbonyl (C=O) groups excluding carboxylic acids is 1. The first-order chi connectivity index (χ1) is 7.75. The Labute approximate surface area is 102 Å². The van der Waals surface area contributed by atoms with Gasteiger partial charge in [-0.3, -0.25) is 9.52 Å². The Morgan fingerprint density at radius 3 is 2.62 bits per heavy atom. The van der Waals surface area contributed by atoms with Gasteiger partial charge in [-0.1, -0.05) is 31.5 Å². The van der Waals surface area contributed by atoms with Gasteiger partial charge in [0.05, 0.1) is 0 Å². The minimum Gasteiger partial charge on any atom is -0.296 e. The Kier molecular flexibility index (Phi) is 5.39. The van der Waals surface area contributed by atoms with Crippen LogP contribution in [0.1, 0.15) is 42.6 Å². The van der Waals surface area contributed by atoms with E-state index in [1.54, 1.807) is 11.9 Å². The molecule has 88 valence electrons. The molecule has 1 aromatic rings. The highest BCUT2D eigenvalue weighted by Gasteiger charge is 2.23. The molecule has 0 aromatic heterocycles. The Balaban J connectivity index is 0.000000606. The Morgan fingerprint density at radius 1 is 1.38 bits per heavy atom. The number of amides is 1. The molecule has 0 heterocycles. The number of nitrogens with one attached hydrogen (secondary N) is 1. The lowest BCUT2D eigenvalue weighted by molar-refractivity contribution is 0.0984. The molecule has 1 fully saturated rings. The molecule has 1 N–H and O–H groups in total. The smallest absolute Gasteiger partial charge is 0.261 e. The van der Waals surface area contributed by atoms with Gasteiger partial charge in [-0.15, -0.1) is 0 Å². The summed E-state index contributed by atoms with van der Waals surface area (Å²) in [4.78, 5) is 11.6. The molecule has 0 spiro atoms. The normalized spacial score (nSPS) is 13.7. The van der Waals surface area contributed by atoms with E-state index in [4.69, 9.17) is 0 Å². The van der Waals surface area contributed by atoms with Crippen LogP contribution in [0, 0.1) is 6.92 Å². The molecule has 1 aliphatic carbocycles. The lowest BCUT2D eigenvalue weighted by atomic mass is 10.1. The van der Waals surface area contributed by atoms with Crippen LogP contribution < -0.4 is 4.72 Å². The number of hydrogen-bond donors (Lipinski definition) is 1. The fraction of sp³-hybridized carbons (Fsp3) is 0.462. The van der Waals surface area contributed by atoms with Crippen LogP contribution in [0.25, 0.3) is 0 Å². The maximum atomic E-state index is 11.6. The van der Waals surface area contributed by atoms with E-state index in [9.17, 15) is 4.79 Å². The number of hydrogen-bond acceptors (Lipinski definition) is 2. The van der Waals surface area contributed by atoms with E-state index in [1.165, 1.54) is 12.8 Å². The van der Waals surface area contributed by atoms with Gasteiger partial charge in [-0.25, -0.2) is 0 Å². The summed E-state index contributed by atoms with van der Waals surface area (Å²) in [6, 6.07) is 7.65. The van der Waals surface area contributed by atoms with Crippen molar-refractivity contribution in [3.8, 4) is 0 Å². The molecule has 0 atom stereocenters. The molecule has 1 aliphatic rings. The van der Waals surface area contributed by atoms with Crippen molar-refractivity contribution in [1.29, 1.82) is 0 Å². The molecule has 3 heteroatoms. The fourth-order valence-electron chi connectivity index (χ4n) is 1.17. The van der Waals surface area contributed by atoms with E-state index < -0.39 is 0 Å². The van der Waals surface area contributed by atoms with E-state index in [1.807, 2.05) is 45.0 Å². The Bertz CT molecular complexity index is 348. The number of carbonyl (C=O) groups is 1. The van der Waals surface area contributed by atoms with Gasteiger partial charge in [0.15, 0.2) is 0 Å². The molecule has 16 heavy (non-hydrogen) atoms. The van der Waals surface area contributed by atoms with Crippen LogP contribution in [0.3, 0.4) is 0 Å². The van der Waals surface area contributed by atoms with Gasteiger partial charge in [-0.05, 0) is 43.8 Å². The van der Waals surface area contributed by atoms with Crippen molar-refractivity contribution < 1.29 is 4.79 Å². The summed E-state index contributed by atoms with van der Waals surface area (Å²) in [5, 5.41) is 0.656. The van der Waals surface area contributed by atoms with E-state index in [-0.39, 0.29) is 5.91 Å². The first-order valence-electron chi connectivity index (χ1n) is 5.78. The fourth-order valence-corrected chi connectivity index (χ4v) is 1.93. The van der Waals surface area contributed by atoms with Crippen molar-refractivity contribution in [3.05, 3.63) is 35.4 Å². The summed E-state index contributed by atoms with van der Waals surface area (Å²) < 4.78 is 2.87. The molecule has 0 unspecified atom stereocenters. The van der Waals surface area contributed by atoms with Crippen molar-refractivity contribution in [3.63, 3.8) is 0 Å². The second-order valence-electron chi connectivity index (χ2n) is 3.62. The highest BCUT2D eigenvalue weighted by Crippen LogP contribution is 2.31. The van der Waals surface area contributed by atoms with Crippen molar-refractivity contribution in [1.82, 2.24) is 4.72 Å². The summed E-state index contributed by atoms with van der Waals surface area (Å²) in [7, 11) is 0. The average molecular weight is 237 g/mol. The minimum atomic E-state index is 0.0191. The molecule has 1 saturated carbocycles. The molecule has 0 aliphatic heterocycles. The Hall–Kier alpha value is -0.960. The third kappa shape index (κ3) is 4.27. The van der Waals surface area contributed by atoms with Crippen molar-refractivity contribution in [2.45, 2.75) is 38.9 Å². The largest absolute Gasteiger partial charge is 0.296 e. The summed E-state index contributed by atoms with van der Waals surface area (Å²) in [5.74, 6) is 0.0191. The van der Waals surface area contributed by atoms with Gasteiger partial charge in [0.2, 0.25) is 0 Å². The van der Waals surface area contributed by atoms with E-state index in [0.717, 1.165) is 11.1 Å². The molecule has 2 nitrogen and oxygen atoms in total. The molecule has 1 amide bonds. The SMILES string of the molecule is CC.Cc1cccc(C(=O)NSC2CC2)c1. The van der Waals surface area contributed by atoms with Gasteiger partial charge in [0.25, 0.3) is 5.91 Å². The second kappa shape index (κ2) is 6.59. The van der Waals surface area contributed by atoms with Gasteiger partial charge >= 0.3 is 0 Å². The zero-order valence-corrected chi connectivity index (χ0v) is 10.9. The average Bonchev–Trinajstić information content (AvgIpc) is 3.12. The van der Waals surface area contributed by atoms with Crippen LogP contribution in [0.15, 0.2) is 24.3 Å². The van der Waals surface area contributed by atoms with Crippen LogP contribution in [-0.4, -0.2) is 11.2 Å². The molecule has 0 saturated heterocycles. The highest BCUT2D eigenvalue weighted by atomic mass is 32.2. The first-order valence-corrected chi connectivity index (χ1v) is 6.66. The molecular weight excluding hydrogens is 218 g/mol. The summed E-state index contributed by atoms with van der Waals surface area (Å²) in [5.41, 5.74) is 1.87.